The number of amides is 1. The van der Waals surface area contributed by atoms with E-state index in [1.165, 1.54) is 36.9 Å². The van der Waals surface area contributed by atoms with Crippen LogP contribution < -0.4 is 10.6 Å². The molecule has 2 N–H and O–H groups in total. The van der Waals surface area contributed by atoms with Crippen LogP contribution in [0.2, 0.25) is 0 Å². The second kappa shape index (κ2) is 5.24. The highest BCUT2D eigenvalue weighted by Crippen LogP contribution is 2.31. The van der Waals surface area contributed by atoms with E-state index in [9.17, 15) is 4.79 Å². The van der Waals surface area contributed by atoms with Gasteiger partial charge >= 0.3 is 0 Å². The number of fused-ring (bicyclic) bond motifs is 1. The number of hydrogen-bond donors (Lipinski definition) is 2. The van der Waals surface area contributed by atoms with Gasteiger partial charge in [0.1, 0.15) is 0 Å². The van der Waals surface area contributed by atoms with Crippen molar-refractivity contribution in [3.63, 3.8) is 0 Å². The van der Waals surface area contributed by atoms with E-state index in [2.05, 4.69) is 29.7 Å². The minimum atomic E-state index is 0.131. The van der Waals surface area contributed by atoms with E-state index in [4.69, 9.17) is 0 Å². The second-order valence-corrected chi connectivity index (χ2v) is 6.00. The average molecular weight is 258 g/mol. The molecule has 1 atom stereocenters. The number of anilines is 2. The van der Waals surface area contributed by atoms with Gasteiger partial charge in [0, 0.05) is 23.8 Å². The predicted octanol–water partition coefficient (Wildman–Crippen LogP) is 3.56. The first-order valence-electron chi connectivity index (χ1n) is 7.40. The Morgan fingerprint density at radius 1 is 1.37 bits per heavy atom. The Bertz CT molecular complexity index is 480. The Labute approximate surface area is 114 Å². The van der Waals surface area contributed by atoms with Crippen LogP contribution in [0.15, 0.2) is 18.2 Å². The number of carbonyl (C=O) groups is 1. The van der Waals surface area contributed by atoms with Gasteiger partial charge < -0.3 is 10.6 Å². The lowest BCUT2D eigenvalue weighted by Gasteiger charge is -2.29. The van der Waals surface area contributed by atoms with Gasteiger partial charge in [-0.05, 0) is 49.4 Å². The predicted molar refractivity (Wildman–Crippen MR) is 78.4 cm³/mol. The molecular formula is C16H22N2O. The summed E-state index contributed by atoms with van der Waals surface area (Å²) >= 11 is 0. The van der Waals surface area contributed by atoms with E-state index in [-0.39, 0.29) is 5.91 Å². The van der Waals surface area contributed by atoms with Crippen molar-refractivity contribution < 1.29 is 4.79 Å². The van der Waals surface area contributed by atoms with E-state index < -0.39 is 0 Å². The Morgan fingerprint density at radius 2 is 2.21 bits per heavy atom. The molecule has 2 aliphatic rings. The Morgan fingerprint density at radius 3 is 2.95 bits per heavy atom. The van der Waals surface area contributed by atoms with Gasteiger partial charge in [-0.15, -0.1) is 0 Å². The fraction of sp³-hybridized carbons (Fsp3) is 0.562. The lowest BCUT2D eigenvalue weighted by molar-refractivity contribution is -0.116. The molecule has 1 heterocycles. The maximum atomic E-state index is 11.3. The first-order chi connectivity index (χ1) is 9.20. The highest BCUT2D eigenvalue weighted by molar-refractivity contribution is 5.94. The molecule has 1 aliphatic carbocycles. The van der Waals surface area contributed by atoms with Gasteiger partial charge in [-0.25, -0.2) is 0 Å². The van der Waals surface area contributed by atoms with Crippen LogP contribution in [-0.4, -0.2) is 11.9 Å². The van der Waals surface area contributed by atoms with Gasteiger partial charge in [-0.3, -0.25) is 4.79 Å². The minimum Gasteiger partial charge on any atom is -0.383 e. The van der Waals surface area contributed by atoms with Crippen LogP contribution in [0.25, 0.3) is 0 Å². The second-order valence-electron chi connectivity index (χ2n) is 6.00. The topological polar surface area (TPSA) is 41.1 Å². The molecule has 0 saturated heterocycles. The summed E-state index contributed by atoms with van der Waals surface area (Å²) in [5.74, 6) is 1.06. The first-order valence-corrected chi connectivity index (χ1v) is 7.40. The quantitative estimate of drug-likeness (QED) is 0.867. The summed E-state index contributed by atoms with van der Waals surface area (Å²) in [6.45, 7) is 2.26. The van der Waals surface area contributed by atoms with Gasteiger partial charge in [0.25, 0.3) is 0 Å². The third-order valence-electron chi connectivity index (χ3n) is 4.33. The molecule has 1 fully saturated rings. The maximum Gasteiger partial charge on any atom is 0.224 e. The number of hydrogen-bond acceptors (Lipinski definition) is 2. The summed E-state index contributed by atoms with van der Waals surface area (Å²) in [5, 5.41) is 6.51. The van der Waals surface area contributed by atoms with Crippen molar-refractivity contribution in [1.82, 2.24) is 0 Å². The van der Waals surface area contributed by atoms with E-state index in [1.54, 1.807) is 0 Å². The lowest BCUT2D eigenvalue weighted by Crippen LogP contribution is -2.23. The number of nitrogens with one attached hydrogen (secondary N) is 2. The standard InChI is InChI=1S/C16H22N2O/c1-11(9-12-3-2-4-12)17-14-6-7-15-13(10-14)5-8-16(19)18-15/h6-7,10-12,17H,2-5,8-9H2,1H3,(H,18,19). The molecule has 1 unspecified atom stereocenters. The highest BCUT2D eigenvalue weighted by Gasteiger charge is 2.20. The average Bonchev–Trinajstić information content (AvgIpc) is 2.34. The van der Waals surface area contributed by atoms with Crippen LogP contribution in [0.1, 0.15) is 44.6 Å². The summed E-state index contributed by atoms with van der Waals surface area (Å²) in [4.78, 5) is 11.3. The summed E-state index contributed by atoms with van der Waals surface area (Å²) in [6.07, 6.45) is 6.95. The van der Waals surface area contributed by atoms with Crippen molar-refractivity contribution in [2.24, 2.45) is 5.92 Å². The molecule has 19 heavy (non-hydrogen) atoms. The van der Waals surface area contributed by atoms with Gasteiger partial charge in [0.15, 0.2) is 0 Å². The first kappa shape index (κ1) is 12.5. The molecule has 3 heteroatoms. The normalized spacial score (nSPS) is 20.2. The van der Waals surface area contributed by atoms with E-state index >= 15 is 0 Å². The van der Waals surface area contributed by atoms with Crippen molar-refractivity contribution in [2.45, 2.75) is 51.5 Å². The molecule has 0 radical (unpaired) electrons. The van der Waals surface area contributed by atoms with Crippen LogP contribution in [0.3, 0.4) is 0 Å². The van der Waals surface area contributed by atoms with Crippen molar-refractivity contribution >= 4 is 17.3 Å². The molecule has 0 aromatic heterocycles. The third-order valence-corrected chi connectivity index (χ3v) is 4.33. The smallest absolute Gasteiger partial charge is 0.224 e. The summed E-state index contributed by atoms with van der Waals surface area (Å²) in [6, 6.07) is 6.81. The molecular weight excluding hydrogens is 236 g/mol. The molecule has 102 valence electrons. The summed E-state index contributed by atoms with van der Waals surface area (Å²) in [5.41, 5.74) is 3.41. The molecule has 1 aromatic rings. The molecule has 0 bridgehead atoms. The van der Waals surface area contributed by atoms with Crippen LogP contribution in [0.5, 0.6) is 0 Å². The van der Waals surface area contributed by atoms with E-state index in [0.29, 0.717) is 12.5 Å². The molecule has 1 aromatic carbocycles. The largest absolute Gasteiger partial charge is 0.383 e. The summed E-state index contributed by atoms with van der Waals surface area (Å²) in [7, 11) is 0. The minimum absolute atomic E-state index is 0.131. The Hall–Kier alpha value is -1.51. The molecule has 1 amide bonds. The van der Waals surface area contributed by atoms with Crippen LogP contribution >= 0.6 is 0 Å². The number of rotatable bonds is 4. The number of benzene rings is 1. The van der Waals surface area contributed by atoms with Gasteiger partial charge in [-0.1, -0.05) is 19.3 Å². The van der Waals surface area contributed by atoms with E-state index in [0.717, 1.165) is 18.0 Å². The number of carbonyl (C=O) groups excluding carboxylic acids is 1. The highest BCUT2D eigenvalue weighted by atomic mass is 16.1. The van der Waals surface area contributed by atoms with E-state index in [1.807, 2.05) is 6.07 Å². The van der Waals surface area contributed by atoms with Gasteiger partial charge in [0.2, 0.25) is 5.91 Å². The molecule has 3 nitrogen and oxygen atoms in total. The van der Waals surface area contributed by atoms with Gasteiger partial charge in [0.05, 0.1) is 0 Å². The van der Waals surface area contributed by atoms with Crippen molar-refractivity contribution in [1.29, 1.82) is 0 Å². The van der Waals surface area contributed by atoms with Crippen LogP contribution in [-0.2, 0) is 11.2 Å². The fourth-order valence-electron chi connectivity index (χ4n) is 3.05. The van der Waals surface area contributed by atoms with Gasteiger partial charge in [-0.2, -0.15) is 0 Å². The third kappa shape index (κ3) is 2.91. The zero-order chi connectivity index (χ0) is 13.2. The van der Waals surface area contributed by atoms with Crippen molar-refractivity contribution in [3.8, 4) is 0 Å². The maximum absolute atomic E-state index is 11.3. The monoisotopic (exact) mass is 258 g/mol. The zero-order valence-corrected chi connectivity index (χ0v) is 11.5. The summed E-state index contributed by atoms with van der Waals surface area (Å²) < 4.78 is 0. The molecule has 1 aliphatic heterocycles. The molecule has 1 saturated carbocycles. The SMILES string of the molecule is CC(CC1CCC1)Nc1ccc2c(c1)CCC(=O)N2. The zero-order valence-electron chi connectivity index (χ0n) is 11.5. The van der Waals surface area contributed by atoms with Crippen molar-refractivity contribution in [3.05, 3.63) is 23.8 Å². The van der Waals surface area contributed by atoms with Crippen molar-refractivity contribution in [2.75, 3.05) is 10.6 Å². The Balaban J connectivity index is 1.63. The molecule has 0 spiro atoms. The number of aryl methyl sites for hydroxylation is 1. The molecule has 3 rings (SSSR count). The van der Waals surface area contributed by atoms with Crippen LogP contribution in [0, 0.1) is 5.92 Å². The Kier molecular flexibility index (Phi) is 3.45. The fourth-order valence-corrected chi connectivity index (χ4v) is 3.05. The lowest BCUT2D eigenvalue weighted by atomic mass is 9.81. The van der Waals surface area contributed by atoms with Crippen LogP contribution in [0.4, 0.5) is 11.4 Å².